The fourth-order valence-electron chi connectivity index (χ4n) is 2.90. The van der Waals surface area contributed by atoms with Gasteiger partial charge in [0.05, 0.1) is 16.5 Å². The Labute approximate surface area is 149 Å². The van der Waals surface area contributed by atoms with Crippen molar-refractivity contribution in [3.05, 3.63) is 59.2 Å². The zero-order valence-corrected chi connectivity index (χ0v) is 14.7. The molecule has 2 amide bonds. The molecule has 1 fully saturated rings. The van der Waals surface area contributed by atoms with Crippen LogP contribution in [0, 0.1) is 13.8 Å². The Morgan fingerprint density at radius 3 is 2.56 bits per heavy atom. The molecule has 0 aromatic heterocycles. The number of carboxylic acid groups (broad SMARTS) is 1. The predicted molar refractivity (Wildman–Crippen MR) is 96.1 cm³/mol. The zero-order chi connectivity index (χ0) is 18.1. The number of aryl methyl sites for hydroxylation is 2. The molecule has 2 aromatic rings. The Morgan fingerprint density at radius 1 is 1.16 bits per heavy atom. The van der Waals surface area contributed by atoms with E-state index in [1.165, 1.54) is 11.0 Å². The number of amides is 2. The molecule has 1 saturated heterocycles. The molecule has 128 valence electrons. The van der Waals surface area contributed by atoms with Crippen molar-refractivity contribution in [1.82, 2.24) is 0 Å². The third-order valence-electron chi connectivity index (χ3n) is 4.09. The standard InChI is InChI=1S/C19H17NO4S/c1-11-7-8-14(12(2)9-11)20-17(21)10-16(18(20)22)25-15-6-4-3-5-13(15)19(23)24/h3-9,16H,10H2,1-2H3,(H,23,24)/t16-/m1/s1. The van der Waals surface area contributed by atoms with Crippen LogP contribution in [0.3, 0.4) is 0 Å². The van der Waals surface area contributed by atoms with Gasteiger partial charge in [0.15, 0.2) is 0 Å². The van der Waals surface area contributed by atoms with Crippen LogP contribution in [0.1, 0.15) is 27.9 Å². The second-order valence-electron chi connectivity index (χ2n) is 5.97. The minimum absolute atomic E-state index is 0.0603. The van der Waals surface area contributed by atoms with Crippen molar-refractivity contribution in [2.24, 2.45) is 0 Å². The average molecular weight is 355 g/mol. The van der Waals surface area contributed by atoms with Crippen molar-refractivity contribution in [1.29, 1.82) is 0 Å². The first-order valence-electron chi connectivity index (χ1n) is 7.81. The van der Waals surface area contributed by atoms with Gasteiger partial charge in [-0.3, -0.25) is 9.59 Å². The Morgan fingerprint density at radius 2 is 1.88 bits per heavy atom. The van der Waals surface area contributed by atoms with Crippen LogP contribution >= 0.6 is 11.8 Å². The quantitative estimate of drug-likeness (QED) is 0.851. The first kappa shape index (κ1) is 17.2. The molecule has 0 bridgehead atoms. The monoisotopic (exact) mass is 355 g/mol. The van der Waals surface area contributed by atoms with E-state index in [0.717, 1.165) is 22.9 Å². The molecule has 1 N–H and O–H groups in total. The molecule has 1 heterocycles. The van der Waals surface area contributed by atoms with Gasteiger partial charge < -0.3 is 5.11 Å². The minimum Gasteiger partial charge on any atom is -0.478 e. The molecule has 25 heavy (non-hydrogen) atoms. The molecule has 0 unspecified atom stereocenters. The Hall–Kier alpha value is -2.60. The topological polar surface area (TPSA) is 74.7 Å². The Bertz CT molecular complexity index is 877. The Balaban J connectivity index is 1.88. The summed E-state index contributed by atoms with van der Waals surface area (Å²) in [5, 5.41) is 8.66. The van der Waals surface area contributed by atoms with Crippen LogP contribution in [0.25, 0.3) is 0 Å². The van der Waals surface area contributed by atoms with Crippen LogP contribution in [0.5, 0.6) is 0 Å². The van der Waals surface area contributed by atoms with E-state index in [2.05, 4.69) is 0 Å². The van der Waals surface area contributed by atoms with Crippen molar-refractivity contribution in [2.75, 3.05) is 4.90 Å². The van der Waals surface area contributed by atoms with Gasteiger partial charge in [0.25, 0.3) is 0 Å². The summed E-state index contributed by atoms with van der Waals surface area (Å²) < 4.78 is 0. The summed E-state index contributed by atoms with van der Waals surface area (Å²) in [5.41, 5.74) is 2.65. The van der Waals surface area contributed by atoms with E-state index in [1.54, 1.807) is 24.3 Å². The third-order valence-corrected chi connectivity index (χ3v) is 5.35. The van der Waals surface area contributed by atoms with Crippen LogP contribution in [0.15, 0.2) is 47.4 Å². The lowest BCUT2D eigenvalue weighted by Gasteiger charge is -2.18. The van der Waals surface area contributed by atoms with Crippen LogP contribution in [0.2, 0.25) is 0 Å². The van der Waals surface area contributed by atoms with Gasteiger partial charge in [0.1, 0.15) is 0 Å². The van der Waals surface area contributed by atoms with Crippen LogP contribution in [0.4, 0.5) is 5.69 Å². The van der Waals surface area contributed by atoms with Gasteiger partial charge in [0.2, 0.25) is 11.8 Å². The molecule has 2 aromatic carbocycles. The normalized spacial score (nSPS) is 17.2. The smallest absolute Gasteiger partial charge is 0.336 e. The van der Waals surface area contributed by atoms with Gasteiger partial charge in [-0.2, -0.15) is 0 Å². The van der Waals surface area contributed by atoms with E-state index < -0.39 is 11.2 Å². The maximum atomic E-state index is 12.8. The highest BCUT2D eigenvalue weighted by Crippen LogP contribution is 2.36. The number of hydrogen-bond donors (Lipinski definition) is 1. The van der Waals surface area contributed by atoms with Gasteiger partial charge in [-0.15, -0.1) is 11.8 Å². The lowest BCUT2D eigenvalue weighted by Crippen LogP contribution is -2.31. The summed E-state index contributed by atoms with van der Waals surface area (Å²) in [6.45, 7) is 3.81. The van der Waals surface area contributed by atoms with Crippen molar-refractivity contribution >= 4 is 35.2 Å². The summed E-state index contributed by atoms with van der Waals surface area (Å²) in [4.78, 5) is 38.2. The van der Waals surface area contributed by atoms with Crippen molar-refractivity contribution in [2.45, 2.75) is 30.4 Å². The predicted octanol–water partition coefficient (Wildman–Crippen LogP) is 3.43. The van der Waals surface area contributed by atoms with Crippen molar-refractivity contribution in [3.8, 4) is 0 Å². The van der Waals surface area contributed by atoms with Crippen molar-refractivity contribution in [3.63, 3.8) is 0 Å². The summed E-state index contributed by atoms with van der Waals surface area (Å²) in [5.74, 6) is -1.62. The number of carbonyl (C=O) groups is 3. The van der Waals surface area contributed by atoms with E-state index in [9.17, 15) is 19.5 Å². The fraction of sp³-hybridized carbons (Fsp3) is 0.211. The lowest BCUT2D eigenvalue weighted by atomic mass is 10.1. The molecule has 1 aliphatic rings. The number of nitrogens with zero attached hydrogens (tertiary/aromatic N) is 1. The average Bonchev–Trinajstić information content (AvgIpc) is 2.82. The van der Waals surface area contributed by atoms with Gasteiger partial charge >= 0.3 is 5.97 Å². The minimum atomic E-state index is -1.05. The summed E-state index contributed by atoms with van der Waals surface area (Å²) in [7, 11) is 0. The first-order chi connectivity index (χ1) is 11.9. The number of aromatic carboxylic acids is 1. The molecule has 0 radical (unpaired) electrons. The van der Waals surface area contributed by atoms with Gasteiger partial charge in [0, 0.05) is 11.3 Å². The number of thioether (sulfide) groups is 1. The second-order valence-corrected chi connectivity index (χ2v) is 7.21. The number of imide groups is 1. The lowest BCUT2D eigenvalue weighted by molar-refractivity contribution is -0.121. The number of carboxylic acids is 1. The van der Waals surface area contributed by atoms with E-state index in [-0.39, 0.29) is 23.8 Å². The SMILES string of the molecule is Cc1ccc(N2C(=O)C[C@@H](Sc3ccccc3C(=O)O)C2=O)c(C)c1. The molecular weight excluding hydrogens is 338 g/mol. The fourth-order valence-corrected chi connectivity index (χ4v) is 4.08. The molecule has 5 nitrogen and oxygen atoms in total. The number of benzene rings is 2. The second kappa shape index (κ2) is 6.72. The highest BCUT2D eigenvalue weighted by Gasteiger charge is 2.41. The summed E-state index contributed by atoms with van der Waals surface area (Å²) in [6.07, 6.45) is 0.0603. The summed E-state index contributed by atoms with van der Waals surface area (Å²) >= 11 is 1.13. The molecular formula is C19H17NO4S. The van der Waals surface area contributed by atoms with Gasteiger partial charge in [-0.05, 0) is 37.6 Å². The highest BCUT2D eigenvalue weighted by molar-refractivity contribution is 8.00. The molecule has 3 rings (SSSR count). The zero-order valence-electron chi connectivity index (χ0n) is 13.9. The number of carbonyl (C=O) groups excluding carboxylic acids is 2. The number of rotatable bonds is 4. The maximum absolute atomic E-state index is 12.8. The molecule has 0 saturated carbocycles. The Kier molecular flexibility index (Phi) is 4.63. The first-order valence-corrected chi connectivity index (χ1v) is 8.69. The molecule has 1 atom stereocenters. The maximum Gasteiger partial charge on any atom is 0.336 e. The molecule has 1 aliphatic heterocycles. The molecule has 6 heteroatoms. The van der Waals surface area contributed by atoms with E-state index in [4.69, 9.17) is 0 Å². The van der Waals surface area contributed by atoms with Crippen LogP contribution < -0.4 is 4.90 Å². The molecule has 0 spiro atoms. The highest BCUT2D eigenvalue weighted by atomic mass is 32.2. The molecule has 0 aliphatic carbocycles. The number of hydrogen-bond acceptors (Lipinski definition) is 4. The number of anilines is 1. The van der Waals surface area contributed by atoms with Crippen LogP contribution in [-0.4, -0.2) is 28.1 Å². The third kappa shape index (κ3) is 3.30. The van der Waals surface area contributed by atoms with Crippen LogP contribution in [-0.2, 0) is 9.59 Å². The van der Waals surface area contributed by atoms with Gasteiger partial charge in [-0.25, -0.2) is 9.69 Å². The summed E-state index contributed by atoms with van der Waals surface area (Å²) in [6, 6.07) is 12.1. The van der Waals surface area contributed by atoms with E-state index in [1.807, 2.05) is 26.0 Å². The largest absolute Gasteiger partial charge is 0.478 e. The van der Waals surface area contributed by atoms with Gasteiger partial charge in [-0.1, -0.05) is 29.8 Å². The van der Waals surface area contributed by atoms with E-state index in [0.29, 0.717) is 10.6 Å². The van der Waals surface area contributed by atoms with Crippen molar-refractivity contribution < 1.29 is 19.5 Å². The van der Waals surface area contributed by atoms with E-state index >= 15 is 0 Å².